The fourth-order valence-electron chi connectivity index (χ4n) is 0.782. The van der Waals surface area contributed by atoms with E-state index in [0.29, 0.717) is 0 Å². The molecule has 10 nitrogen and oxygen atoms in total. The molecule has 0 spiro atoms. The largest absolute Gasteiger partial charge is 0.480 e. The van der Waals surface area contributed by atoms with Crippen LogP contribution in [0.5, 0.6) is 0 Å². The third-order valence-corrected chi connectivity index (χ3v) is 1.62. The summed E-state index contributed by atoms with van der Waals surface area (Å²) < 4.78 is 9.53. The molecular weight excluding hydrogens is 246 g/mol. The summed E-state index contributed by atoms with van der Waals surface area (Å²) in [6, 6.07) is -1.08. The van der Waals surface area contributed by atoms with E-state index in [1.54, 1.807) is 0 Å². The van der Waals surface area contributed by atoms with Gasteiger partial charge in [-0.05, 0) is 5.53 Å². The second kappa shape index (κ2) is 10.1. The van der Waals surface area contributed by atoms with Gasteiger partial charge in [-0.1, -0.05) is 5.11 Å². The lowest BCUT2D eigenvalue weighted by Gasteiger charge is -2.08. The minimum Gasteiger partial charge on any atom is -0.480 e. The van der Waals surface area contributed by atoms with Crippen LogP contribution in [0, 0.1) is 0 Å². The van der Waals surface area contributed by atoms with Crippen LogP contribution in [0.1, 0.15) is 0 Å². The number of nitrogens with two attached hydrogens (primary N) is 1. The Balaban J connectivity index is 3.40. The van der Waals surface area contributed by atoms with Crippen LogP contribution in [0.25, 0.3) is 10.4 Å². The molecule has 102 valence electrons. The fraction of sp³-hybridized carbons (Fsp3) is 0.750. The van der Waals surface area contributed by atoms with Gasteiger partial charge in [-0.25, -0.2) is 4.79 Å². The molecule has 0 aromatic carbocycles. The first-order chi connectivity index (χ1) is 8.57. The Bertz CT molecular complexity index is 317. The van der Waals surface area contributed by atoms with Crippen molar-refractivity contribution in [1.29, 1.82) is 0 Å². The Kier molecular flexibility index (Phi) is 9.00. The number of nitrogens with zero attached hydrogens (tertiary/aromatic N) is 3. The van der Waals surface area contributed by atoms with Crippen molar-refractivity contribution < 1.29 is 24.2 Å². The van der Waals surface area contributed by atoms with Gasteiger partial charge in [0.1, 0.15) is 6.04 Å². The molecule has 0 radical (unpaired) electrons. The van der Waals surface area contributed by atoms with Crippen molar-refractivity contribution >= 4 is 12.1 Å². The maximum atomic E-state index is 11.0. The average Bonchev–Trinajstić information content (AvgIpc) is 2.33. The molecule has 0 aliphatic heterocycles. The van der Waals surface area contributed by atoms with Crippen LogP contribution >= 0.6 is 0 Å². The zero-order chi connectivity index (χ0) is 13.8. The average molecular weight is 261 g/mol. The number of hydrogen-bond acceptors (Lipinski definition) is 6. The number of carboxylic acids is 1. The second-order valence-electron chi connectivity index (χ2n) is 3.04. The zero-order valence-electron chi connectivity index (χ0n) is 9.61. The van der Waals surface area contributed by atoms with Crippen molar-refractivity contribution in [3.8, 4) is 0 Å². The van der Waals surface area contributed by atoms with Gasteiger partial charge in [0.25, 0.3) is 0 Å². The summed E-state index contributed by atoms with van der Waals surface area (Å²) in [5, 5.41) is 14.0. The maximum Gasteiger partial charge on any atom is 0.407 e. The molecule has 18 heavy (non-hydrogen) atoms. The van der Waals surface area contributed by atoms with Crippen LogP contribution in [-0.2, 0) is 14.3 Å². The van der Waals surface area contributed by atoms with Crippen LogP contribution in [-0.4, -0.2) is 56.1 Å². The lowest BCUT2D eigenvalue weighted by molar-refractivity contribution is -0.140. The predicted octanol–water partition coefficient (Wildman–Crippen LogP) is -0.549. The first kappa shape index (κ1) is 16.0. The van der Waals surface area contributed by atoms with Gasteiger partial charge in [-0.15, -0.1) is 0 Å². The van der Waals surface area contributed by atoms with Gasteiger partial charge in [0.05, 0.1) is 26.4 Å². The molecule has 0 unspecified atom stereocenters. The van der Waals surface area contributed by atoms with Crippen molar-refractivity contribution in [3.63, 3.8) is 0 Å². The van der Waals surface area contributed by atoms with Crippen LogP contribution in [0.2, 0.25) is 0 Å². The van der Waals surface area contributed by atoms with Crippen LogP contribution in [0.15, 0.2) is 5.11 Å². The molecule has 0 heterocycles. The summed E-state index contributed by atoms with van der Waals surface area (Å²) in [5.41, 5.74) is 13.1. The highest BCUT2D eigenvalue weighted by Crippen LogP contribution is 1.83. The van der Waals surface area contributed by atoms with E-state index in [2.05, 4.69) is 20.1 Å². The Hall–Kier alpha value is -2.03. The Morgan fingerprint density at radius 2 is 2.22 bits per heavy atom. The van der Waals surface area contributed by atoms with Crippen LogP contribution < -0.4 is 11.1 Å². The lowest BCUT2D eigenvalue weighted by atomic mass is 10.3. The van der Waals surface area contributed by atoms with Gasteiger partial charge in [0.2, 0.25) is 0 Å². The summed E-state index contributed by atoms with van der Waals surface area (Å²) >= 11 is 0. The molecule has 0 aliphatic rings. The van der Waals surface area contributed by atoms with Gasteiger partial charge >= 0.3 is 12.1 Å². The van der Waals surface area contributed by atoms with E-state index in [0.717, 1.165) is 0 Å². The summed E-state index contributed by atoms with van der Waals surface area (Å²) in [7, 11) is 0. The number of aliphatic carboxylic acids is 1. The number of hydrogen-bond donors (Lipinski definition) is 3. The van der Waals surface area contributed by atoms with Gasteiger partial charge in [0, 0.05) is 11.5 Å². The highest BCUT2D eigenvalue weighted by atomic mass is 16.5. The van der Waals surface area contributed by atoms with Crippen molar-refractivity contribution in [2.45, 2.75) is 6.04 Å². The minimum atomic E-state index is -1.15. The first-order valence-corrected chi connectivity index (χ1v) is 5.05. The molecule has 1 atom stereocenters. The molecule has 10 heteroatoms. The van der Waals surface area contributed by atoms with Crippen molar-refractivity contribution in [2.75, 3.05) is 32.9 Å². The summed E-state index contributed by atoms with van der Waals surface area (Å²) in [5.74, 6) is -1.15. The molecular formula is C8H15N5O5. The lowest BCUT2D eigenvalue weighted by Crippen LogP contribution is -2.36. The van der Waals surface area contributed by atoms with E-state index < -0.39 is 18.1 Å². The Labute approximate surface area is 103 Å². The fourth-order valence-corrected chi connectivity index (χ4v) is 0.782. The zero-order valence-corrected chi connectivity index (χ0v) is 9.61. The first-order valence-electron chi connectivity index (χ1n) is 5.05. The number of azide groups is 1. The summed E-state index contributed by atoms with van der Waals surface area (Å²) in [6.07, 6.45) is -0.672. The molecule has 0 fully saturated rings. The summed E-state index contributed by atoms with van der Waals surface area (Å²) in [6.45, 7) is 0.191. The SMILES string of the molecule is [N-]=[N+]=NCCOC(=O)NCCOC[C@H](N)C(=O)O. The van der Waals surface area contributed by atoms with E-state index in [1.807, 2.05) is 0 Å². The van der Waals surface area contributed by atoms with E-state index in [4.69, 9.17) is 21.1 Å². The van der Waals surface area contributed by atoms with E-state index >= 15 is 0 Å². The quantitative estimate of drug-likeness (QED) is 0.218. The molecule has 0 aliphatic carbocycles. The molecule has 4 N–H and O–H groups in total. The molecule has 0 bridgehead atoms. The van der Waals surface area contributed by atoms with Gasteiger partial charge in [-0.2, -0.15) is 0 Å². The van der Waals surface area contributed by atoms with E-state index in [-0.39, 0.29) is 32.9 Å². The minimum absolute atomic E-state index is 0.0133. The molecule has 0 aromatic heterocycles. The molecule has 0 saturated heterocycles. The van der Waals surface area contributed by atoms with Gasteiger partial charge in [-0.3, -0.25) is 4.79 Å². The van der Waals surface area contributed by atoms with Crippen LogP contribution in [0.4, 0.5) is 4.79 Å². The van der Waals surface area contributed by atoms with Crippen molar-refractivity contribution in [3.05, 3.63) is 10.4 Å². The van der Waals surface area contributed by atoms with Crippen LogP contribution in [0.3, 0.4) is 0 Å². The second-order valence-corrected chi connectivity index (χ2v) is 3.04. The Morgan fingerprint density at radius 1 is 1.50 bits per heavy atom. The number of rotatable bonds is 9. The highest BCUT2D eigenvalue weighted by Gasteiger charge is 2.10. The predicted molar refractivity (Wildman–Crippen MR) is 59.8 cm³/mol. The van der Waals surface area contributed by atoms with Gasteiger partial charge < -0.3 is 25.6 Å². The monoisotopic (exact) mass is 261 g/mol. The molecule has 0 rings (SSSR count). The summed E-state index contributed by atoms with van der Waals surface area (Å²) in [4.78, 5) is 23.8. The number of carboxylic acid groups (broad SMARTS) is 1. The maximum absolute atomic E-state index is 11.0. The third-order valence-electron chi connectivity index (χ3n) is 1.62. The standard InChI is InChI=1S/C8H15N5O5/c9-6(7(14)15)5-17-3-1-11-8(16)18-4-2-12-13-10/h6H,1-5,9H2,(H,11,16)(H,14,15)/t6-/m0/s1. The normalized spacial score (nSPS) is 11.2. The van der Waals surface area contributed by atoms with E-state index in [1.165, 1.54) is 0 Å². The number of carbonyl (C=O) groups excluding carboxylic acids is 1. The van der Waals surface area contributed by atoms with Crippen molar-refractivity contribution in [2.24, 2.45) is 10.8 Å². The van der Waals surface area contributed by atoms with Gasteiger partial charge in [0.15, 0.2) is 0 Å². The number of carbonyl (C=O) groups is 2. The number of ether oxygens (including phenoxy) is 2. The molecule has 0 aromatic rings. The number of alkyl carbamates (subject to hydrolysis) is 1. The number of nitrogens with one attached hydrogen (secondary N) is 1. The molecule has 0 saturated carbocycles. The topological polar surface area (TPSA) is 160 Å². The van der Waals surface area contributed by atoms with Crippen molar-refractivity contribution in [1.82, 2.24) is 5.32 Å². The number of amides is 1. The Morgan fingerprint density at radius 3 is 2.83 bits per heavy atom. The molecule has 1 amide bonds. The van der Waals surface area contributed by atoms with E-state index in [9.17, 15) is 9.59 Å². The highest BCUT2D eigenvalue weighted by molar-refractivity contribution is 5.73. The smallest absolute Gasteiger partial charge is 0.407 e. The third kappa shape index (κ3) is 9.21.